The highest BCUT2D eigenvalue weighted by atomic mass is 19.1. The molecule has 0 unspecified atom stereocenters. The third-order valence-electron chi connectivity index (χ3n) is 4.93. The number of aromatic nitrogens is 2. The van der Waals surface area contributed by atoms with Crippen LogP contribution in [0.1, 0.15) is 21.7 Å². The van der Waals surface area contributed by atoms with Crippen molar-refractivity contribution in [3.63, 3.8) is 0 Å². The Morgan fingerprint density at radius 2 is 1.81 bits per heavy atom. The van der Waals surface area contributed by atoms with Crippen molar-refractivity contribution in [3.05, 3.63) is 83.4 Å². The van der Waals surface area contributed by atoms with E-state index in [2.05, 4.69) is 4.98 Å². The first-order valence-corrected chi connectivity index (χ1v) is 9.65. The number of aryl methyl sites for hydroxylation is 2. The van der Waals surface area contributed by atoms with Gasteiger partial charge in [0, 0.05) is 13.1 Å². The first-order valence-electron chi connectivity index (χ1n) is 9.65. The monoisotopic (exact) mass is 420 g/mol. The molecular weight excluding hydrogens is 399 g/mol. The number of hydrogen-bond donors (Lipinski definition) is 0. The lowest BCUT2D eigenvalue weighted by Gasteiger charge is -2.08. The van der Waals surface area contributed by atoms with E-state index >= 15 is 0 Å². The van der Waals surface area contributed by atoms with Crippen molar-refractivity contribution >= 4 is 17.0 Å². The molecule has 0 bridgehead atoms. The number of halogens is 1. The van der Waals surface area contributed by atoms with Crippen LogP contribution < -0.4 is 9.47 Å². The van der Waals surface area contributed by atoms with Crippen LogP contribution in [-0.2, 0) is 18.4 Å². The first-order chi connectivity index (χ1) is 14.9. The van der Waals surface area contributed by atoms with E-state index in [1.807, 2.05) is 29.8 Å². The quantitative estimate of drug-likeness (QED) is 0.402. The predicted octanol–water partition coefficient (Wildman–Crippen LogP) is 5.18. The summed E-state index contributed by atoms with van der Waals surface area (Å²) in [5.74, 6) is 1.77. The van der Waals surface area contributed by atoms with Crippen LogP contribution in [0.25, 0.3) is 11.0 Å². The molecule has 4 rings (SSSR count). The number of ether oxygens (including phenoxy) is 3. The number of methoxy groups -OCH3 is 1. The summed E-state index contributed by atoms with van der Waals surface area (Å²) in [5.41, 5.74) is 2.61. The standard InChI is InChI=1S/C24H21FN2O4/c1-15-11-18(7-9-20(15)25)31-19-8-10-21-22(13-19)27(2)23(26-21)14-30-17-6-4-5-16(12-17)24(28)29-3/h4-13H,14H2,1-3H3. The maximum absolute atomic E-state index is 13.5. The molecule has 0 spiro atoms. The Kier molecular flexibility index (Phi) is 5.58. The minimum absolute atomic E-state index is 0.225. The summed E-state index contributed by atoms with van der Waals surface area (Å²) < 4.78 is 31.8. The molecule has 6 nitrogen and oxygen atoms in total. The Morgan fingerprint density at radius 1 is 1.03 bits per heavy atom. The van der Waals surface area contributed by atoms with Crippen LogP contribution in [-0.4, -0.2) is 22.6 Å². The second-order valence-electron chi connectivity index (χ2n) is 7.06. The average molecular weight is 420 g/mol. The number of carbonyl (C=O) groups excluding carboxylic acids is 1. The minimum atomic E-state index is -0.419. The lowest BCUT2D eigenvalue weighted by atomic mass is 10.2. The molecule has 1 heterocycles. The summed E-state index contributed by atoms with van der Waals surface area (Å²) in [5, 5.41) is 0. The van der Waals surface area contributed by atoms with Gasteiger partial charge in [0.05, 0.1) is 23.7 Å². The Hall–Kier alpha value is -3.87. The number of rotatable bonds is 6. The molecule has 3 aromatic carbocycles. The molecule has 0 amide bonds. The normalized spacial score (nSPS) is 10.8. The third kappa shape index (κ3) is 4.35. The van der Waals surface area contributed by atoms with Crippen LogP contribution in [0.2, 0.25) is 0 Å². The molecule has 0 radical (unpaired) electrons. The van der Waals surface area contributed by atoms with Crippen LogP contribution in [0.3, 0.4) is 0 Å². The zero-order valence-corrected chi connectivity index (χ0v) is 17.4. The SMILES string of the molecule is COC(=O)c1cccc(OCc2nc3ccc(Oc4ccc(F)c(C)c4)cc3n2C)c1. The summed E-state index contributed by atoms with van der Waals surface area (Å²) in [6, 6.07) is 17.0. The lowest BCUT2D eigenvalue weighted by Crippen LogP contribution is -2.05. The largest absolute Gasteiger partial charge is 0.486 e. The van der Waals surface area contributed by atoms with Gasteiger partial charge in [0.25, 0.3) is 0 Å². The van der Waals surface area contributed by atoms with E-state index in [-0.39, 0.29) is 12.4 Å². The van der Waals surface area contributed by atoms with Crippen molar-refractivity contribution in [1.82, 2.24) is 9.55 Å². The molecule has 7 heteroatoms. The summed E-state index contributed by atoms with van der Waals surface area (Å²) in [7, 11) is 3.23. The highest BCUT2D eigenvalue weighted by Crippen LogP contribution is 2.27. The Labute approximate surface area is 178 Å². The van der Waals surface area contributed by atoms with Gasteiger partial charge in [-0.1, -0.05) is 6.07 Å². The van der Waals surface area contributed by atoms with E-state index in [0.29, 0.717) is 34.2 Å². The fourth-order valence-electron chi connectivity index (χ4n) is 3.21. The summed E-state index contributed by atoms with van der Waals surface area (Å²) >= 11 is 0. The van der Waals surface area contributed by atoms with E-state index in [0.717, 1.165) is 11.0 Å². The topological polar surface area (TPSA) is 62.6 Å². The molecule has 31 heavy (non-hydrogen) atoms. The summed E-state index contributed by atoms with van der Waals surface area (Å²) in [6.45, 7) is 1.92. The highest BCUT2D eigenvalue weighted by Gasteiger charge is 2.12. The van der Waals surface area contributed by atoms with Gasteiger partial charge in [0.1, 0.15) is 35.5 Å². The smallest absolute Gasteiger partial charge is 0.337 e. The van der Waals surface area contributed by atoms with E-state index in [1.54, 1.807) is 43.3 Å². The maximum Gasteiger partial charge on any atom is 0.337 e. The Balaban J connectivity index is 1.53. The van der Waals surface area contributed by atoms with Crippen LogP contribution in [0.15, 0.2) is 60.7 Å². The van der Waals surface area contributed by atoms with Gasteiger partial charge in [0.2, 0.25) is 0 Å². The molecule has 0 N–H and O–H groups in total. The Morgan fingerprint density at radius 3 is 2.58 bits per heavy atom. The third-order valence-corrected chi connectivity index (χ3v) is 4.93. The number of esters is 1. The fourth-order valence-corrected chi connectivity index (χ4v) is 3.21. The minimum Gasteiger partial charge on any atom is -0.486 e. The molecule has 0 atom stereocenters. The zero-order valence-electron chi connectivity index (χ0n) is 17.4. The zero-order chi connectivity index (χ0) is 22.0. The second kappa shape index (κ2) is 8.47. The van der Waals surface area contributed by atoms with Crippen LogP contribution in [0, 0.1) is 12.7 Å². The number of carbonyl (C=O) groups is 1. The molecule has 4 aromatic rings. The van der Waals surface area contributed by atoms with Crippen LogP contribution in [0.5, 0.6) is 17.2 Å². The van der Waals surface area contributed by atoms with Gasteiger partial charge < -0.3 is 18.8 Å². The van der Waals surface area contributed by atoms with Gasteiger partial charge >= 0.3 is 5.97 Å². The number of nitrogens with zero attached hydrogens (tertiary/aromatic N) is 2. The number of fused-ring (bicyclic) bond motifs is 1. The van der Waals surface area contributed by atoms with Gasteiger partial charge in [-0.15, -0.1) is 0 Å². The van der Waals surface area contributed by atoms with E-state index in [9.17, 15) is 9.18 Å². The summed E-state index contributed by atoms with van der Waals surface area (Å²) in [4.78, 5) is 16.3. The van der Waals surface area contributed by atoms with Crippen LogP contribution >= 0.6 is 0 Å². The summed E-state index contributed by atoms with van der Waals surface area (Å²) in [6.07, 6.45) is 0. The van der Waals surface area contributed by atoms with E-state index in [1.165, 1.54) is 13.2 Å². The number of imidazole rings is 1. The van der Waals surface area contributed by atoms with Crippen molar-refractivity contribution in [2.45, 2.75) is 13.5 Å². The van der Waals surface area contributed by atoms with Crippen molar-refractivity contribution < 1.29 is 23.4 Å². The molecule has 0 fully saturated rings. The molecule has 0 aliphatic carbocycles. The molecule has 0 aliphatic rings. The number of hydrogen-bond acceptors (Lipinski definition) is 5. The number of benzene rings is 3. The predicted molar refractivity (Wildman–Crippen MR) is 114 cm³/mol. The molecule has 1 aromatic heterocycles. The van der Waals surface area contributed by atoms with Crippen molar-refractivity contribution in [2.24, 2.45) is 7.05 Å². The average Bonchev–Trinajstić information content (AvgIpc) is 3.09. The van der Waals surface area contributed by atoms with E-state index < -0.39 is 5.97 Å². The van der Waals surface area contributed by atoms with Gasteiger partial charge in [-0.05, 0) is 61.0 Å². The van der Waals surface area contributed by atoms with Crippen LogP contribution in [0.4, 0.5) is 4.39 Å². The van der Waals surface area contributed by atoms with Crippen molar-refractivity contribution in [1.29, 1.82) is 0 Å². The van der Waals surface area contributed by atoms with Gasteiger partial charge in [-0.25, -0.2) is 14.2 Å². The molecular formula is C24H21FN2O4. The van der Waals surface area contributed by atoms with E-state index in [4.69, 9.17) is 14.2 Å². The second-order valence-corrected chi connectivity index (χ2v) is 7.06. The van der Waals surface area contributed by atoms with Crippen molar-refractivity contribution in [2.75, 3.05) is 7.11 Å². The first kappa shape index (κ1) is 20.4. The van der Waals surface area contributed by atoms with Crippen molar-refractivity contribution in [3.8, 4) is 17.2 Å². The molecule has 0 aliphatic heterocycles. The lowest BCUT2D eigenvalue weighted by molar-refractivity contribution is 0.0600. The molecule has 0 saturated heterocycles. The maximum atomic E-state index is 13.5. The Bertz CT molecular complexity index is 1270. The highest BCUT2D eigenvalue weighted by molar-refractivity contribution is 5.89. The molecule has 158 valence electrons. The van der Waals surface area contributed by atoms with Gasteiger partial charge in [-0.2, -0.15) is 0 Å². The fraction of sp³-hybridized carbons (Fsp3) is 0.167. The van der Waals surface area contributed by atoms with Gasteiger partial charge in [0.15, 0.2) is 0 Å². The molecule has 0 saturated carbocycles. The van der Waals surface area contributed by atoms with Gasteiger partial charge in [-0.3, -0.25) is 0 Å².